The molecule has 2 amide bonds. The Morgan fingerprint density at radius 3 is 2.09 bits per heavy atom. The van der Waals surface area contributed by atoms with Crippen molar-refractivity contribution in [1.29, 1.82) is 0 Å². The van der Waals surface area contributed by atoms with Crippen LogP contribution in [-0.4, -0.2) is 59.3 Å². The van der Waals surface area contributed by atoms with Crippen molar-refractivity contribution in [3.63, 3.8) is 0 Å². The summed E-state index contributed by atoms with van der Waals surface area (Å²) < 4.78 is 29.4. The highest BCUT2D eigenvalue weighted by molar-refractivity contribution is 7.89. The zero-order valence-electron chi connectivity index (χ0n) is 30.9. The first-order chi connectivity index (χ1) is 26.4. The topological polar surface area (TPSA) is 170 Å². The molecule has 6 rings (SSSR count). The van der Waals surface area contributed by atoms with Gasteiger partial charge in [0, 0.05) is 28.7 Å². The molecule has 1 aromatic heterocycles. The van der Waals surface area contributed by atoms with E-state index in [1.165, 1.54) is 27.8 Å². The summed E-state index contributed by atoms with van der Waals surface area (Å²) in [6.45, 7) is 2.19. The smallest absolute Gasteiger partial charge is 0.335 e. The Labute approximate surface area is 325 Å². The minimum atomic E-state index is -3.99. The van der Waals surface area contributed by atoms with Crippen LogP contribution in [0.3, 0.4) is 0 Å². The largest absolute Gasteiger partial charge is 0.481 e. The van der Waals surface area contributed by atoms with E-state index >= 15 is 0 Å². The monoisotopic (exact) mass is 785 g/mol. The van der Waals surface area contributed by atoms with Gasteiger partial charge in [-0.05, 0) is 136 Å². The van der Waals surface area contributed by atoms with Crippen molar-refractivity contribution >= 4 is 55.8 Å². The molecule has 4 N–H and O–H groups in total. The van der Waals surface area contributed by atoms with Gasteiger partial charge in [-0.1, -0.05) is 37.3 Å². The third kappa shape index (κ3) is 9.52. The molecule has 1 heterocycles. The Morgan fingerprint density at radius 2 is 1.45 bits per heavy atom. The number of carboxylic acid groups (broad SMARTS) is 2. The number of thiophene rings is 1. The Kier molecular flexibility index (Phi) is 12.8. The van der Waals surface area contributed by atoms with Crippen LogP contribution in [0.2, 0.25) is 0 Å². The summed E-state index contributed by atoms with van der Waals surface area (Å²) in [7, 11) is -3.99. The molecule has 1 saturated carbocycles. The van der Waals surface area contributed by atoms with E-state index in [9.17, 15) is 32.7 Å². The normalized spacial score (nSPS) is 17.0. The Balaban J connectivity index is 1.13. The van der Waals surface area contributed by atoms with Crippen LogP contribution in [0.5, 0.6) is 0 Å². The molecule has 1 fully saturated rings. The number of carbonyl (C=O) groups is 4. The van der Waals surface area contributed by atoms with Crippen LogP contribution >= 0.6 is 11.3 Å². The van der Waals surface area contributed by atoms with E-state index in [0.717, 1.165) is 66.5 Å². The number of amides is 2. The number of fused-ring (bicyclic) bond motifs is 1. The van der Waals surface area contributed by atoms with Crippen molar-refractivity contribution in [2.75, 3.05) is 17.2 Å². The molecular weight excluding hydrogens is 739 g/mol. The number of hydrogen-bond acceptors (Lipinski definition) is 7. The number of aliphatic carboxylic acids is 1. The maximum atomic E-state index is 14.0. The van der Waals surface area contributed by atoms with E-state index in [4.69, 9.17) is 5.11 Å². The van der Waals surface area contributed by atoms with E-state index in [1.807, 2.05) is 43.3 Å². The molecule has 3 aromatic carbocycles. The predicted molar refractivity (Wildman–Crippen MR) is 213 cm³/mol. The Hall–Kier alpha value is -4.85. The number of carbonyl (C=O) groups excluding carboxylic acids is 2. The van der Waals surface area contributed by atoms with Gasteiger partial charge in [0.15, 0.2) is 0 Å². The number of aromatic carboxylic acids is 1. The van der Waals surface area contributed by atoms with Crippen LogP contribution in [0.4, 0.5) is 10.7 Å². The molecule has 4 aromatic rings. The van der Waals surface area contributed by atoms with Crippen LogP contribution in [0.1, 0.15) is 111 Å². The van der Waals surface area contributed by atoms with Crippen LogP contribution in [0.15, 0.2) is 77.7 Å². The lowest BCUT2D eigenvalue weighted by molar-refractivity contribution is -0.143. The minimum absolute atomic E-state index is 0.00441. The number of aryl methyl sites for hydroxylation is 3. The number of nitrogens with zero attached hydrogens (tertiary/aromatic N) is 1. The van der Waals surface area contributed by atoms with E-state index in [2.05, 4.69) is 10.6 Å². The molecule has 0 unspecified atom stereocenters. The van der Waals surface area contributed by atoms with Gasteiger partial charge in [-0.2, -0.15) is 4.31 Å². The summed E-state index contributed by atoms with van der Waals surface area (Å²) in [5, 5.41) is 24.9. The van der Waals surface area contributed by atoms with Crippen molar-refractivity contribution in [2.45, 2.75) is 94.9 Å². The SMILES string of the molecule is CCCN([C@H]1CC[C@H](C(=O)O)CC1)S(=O)(=O)c1cccc(C(=O)Nc2sc3c(c2C(=O)Nc2ccc(CCCc4ccc(C(=O)O)cc4)cc2)CCCC3)c1. The highest BCUT2D eigenvalue weighted by Gasteiger charge is 2.36. The van der Waals surface area contributed by atoms with E-state index in [-0.39, 0.29) is 34.5 Å². The predicted octanol–water partition coefficient (Wildman–Crippen LogP) is 8.05. The highest BCUT2D eigenvalue weighted by Crippen LogP contribution is 2.39. The van der Waals surface area contributed by atoms with Crippen LogP contribution in [0.25, 0.3) is 0 Å². The zero-order chi connectivity index (χ0) is 39.1. The van der Waals surface area contributed by atoms with E-state index < -0.39 is 33.8 Å². The second-order valence-electron chi connectivity index (χ2n) is 14.4. The second-order valence-corrected chi connectivity index (χ2v) is 17.4. The summed E-state index contributed by atoms with van der Waals surface area (Å²) in [4.78, 5) is 51.3. The summed E-state index contributed by atoms with van der Waals surface area (Å²) in [5.74, 6) is -3.10. The summed E-state index contributed by atoms with van der Waals surface area (Å²) in [6.07, 6.45) is 8.30. The maximum Gasteiger partial charge on any atom is 0.335 e. The first-order valence-electron chi connectivity index (χ1n) is 19.0. The van der Waals surface area contributed by atoms with Gasteiger partial charge in [0.25, 0.3) is 11.8 Å². The molecule has 0 aliphatic heterocycles. The van der Waals surface area contributed by atoms with Gasteiger partial charge in [0.05, 0.1) is 21.9 Å². The van der Waals surface area contributed by atoms with Gasteiger partial charge in [-0.3, -0.25) is 14.4 Å². The first kappa shape index (κ1) is 39.8. The summed E-state index contributed by atoms with van der Waals surface area (Å²) >= 11 is 1.39. The molecule has 0 spiro atoms. The Morgan fingerprint density at radius 1 is 0.800 bits per heavy atom. The lowest BCUT2D eigenvalue weighted by Gasteiger charge is -2.35. The van der Waals surface area contributed by atoms with Crippen molar-refractivity contribution in [3.8, 4) is 0 Å². The molecule has 0 radical (unpaired) electrons. The molecule has 13 heteroatoms. The van der Waals surface area contributed by atoms with Gasteiger partial charge in [-0.15, -0.1) is 11.3 Å². The average molecular weight is 786 g/mol. The van der Waals surface area contributed by atoms with Crippen molar-refractivity contribution in [2.24, 2.45) is 5.92 Å². The second kappa shape index (κ2) is 17.7. The Bertz CT molecular complexity index is 2140. The quantitative estimate of drug-likeness (QED) is 0.0938. The molecule has 55 heavy (non-hydrogen) atoms. The fourth-order valence-electron chi connectivity index (χ4n) is 7.59. The van der Waals surface area contributed by atoms with Crippen molar-refractivity contribution in [1.82, 2.24) is 4.31 Å². The highest BCUT2D eigenvalue weighted by atomic mass is 32.2. The lowest BCUT2D eigenvalue weighted by Crippen LogP contribution is -2.43. The van der Waals surface area contributed by atoms with Crippen molar-refractivity contribution < 1.29 is 37.8 Å². The van der Waals surface area contributed by atoms with Gasteiger partial charge < -0.3 is 20.8 Å². The van der Waals surface area contributed by atoms with Crippen molar-refractivity contribution in [3.05, 3.63) is 111 Å². The molecule has 2 aliphatic rings. The lowest BCUT2D eigenvalue weighted by atomic mass is 9.86. The maximum absolute atomic E-state index is 14.0. The fourth-order valence-corrected chi connectivity index (χ4v) is 10.7. The summed E-state index contributed by atoms with van der Waals surface area (Å²) in [5.41, 5.74) is 4.58. The molecule has 0 atom stereocenters. The fraction of sp³-hybridized carbons (Fsp3) is 0.381. The van der Waals surface area contributed by atoms with E-state index in [0.29, 0.717) is 48.4 Å². The molecule has 2 aliphatic carbocycles. The molecule has 0 bridgehead atoms. The van der Waals surface area contributed by atoms with Crippen LogP contribution < -0.4 is 10.6 Å². The van der Waals surface area contributed by atoms with Gasteiger partial charge in [0.1, 0.15) is 5.00 Å². The minimum Gasteiger partial charge on any atom is -0.481 e. The standard InChI is InChI=1S/C42H47N3O8S2/c1-2-25-45(33-23-19-30(20-24-33)42(50)51)55(52,53)34-10-6-9-31(26-34)38(46)44-40-37(35-11-3-4-12-36(35)54-40)39(47)43-32-21-15-28(16-22-32)8-5-7-27-13-17-29(18-14-27)41(48)49/h6,9-10,13-18,21-22,26,30,33H,2-5,7-8,11-12,19-20,23-25H2,1H3,(H,43,47)(H,44,46)(H,48,49)(H,50,51)/t30-,33-. The number of sulfonamides is 1. The number of benzene rings is 3. The van der Waals surface area contributed by atoms with Gasteiger partial charge in [-0.25, -0.2) is 13.2 Å². The number of nitrogens with one attached hydrogen (secondary N) is 2. The molecule has 0 saturated heterocycles. The number of hydrogen-bond donors (Lipinski definition) is 4. The zero-order valence-corrected chi connectivity index (χ0v) is 32.5. The number of rotatable bonds is 15. The molecular formula is C42H47N3O8S2. The van der Waals surface area contributed by atoms with Crippen LogP contribution in [0, 0.1) is 5.92 Å². The third-order valence-electron chi connectivity index (χ3n) is 10.6. The first-order valence-corrected chi connectivity index (χ1v) is 21.2. The van der Waals surface area contributed by atoms with Gasteiger partial charge in [0.2, 0.25) is 10.0 Å². The van der Waals surface area contributed by atoms with Gasteiger partial charge >= 0.3 is 11.9 Å². The summed E-state index contributed by atoms with van der Waals surface area (Å²) in [6, 6.07) is 20.2. The van der Waals surface area contributed by atoms with E-state index in [1.54, 1.807) is 24.3 Å². The number of carboxylic acids is 2. The third-order valence-corrected chi connectivity index (χ3v) is 13.7. The number of anilines is 2. The molecule has 11 nitrogen and oxygen atoms in total. The average Bonchev–Trinajstić information content (AvgIpc) is 3.55. The van der Waals surface area contributed by atoms with Crippen LogP contribution in [-0.2, 0) is 40.5 Å². The molecule has 290 valence electrons.